The summed E-state index contributed by atoms with van der Waals surface area (Å²) in [6, 6.07) is 6.14. The number of carbonyl (C=O) groups excluding carboxylic acids is 2. The number of benzene rings is 1. The number of ether oxygens (including phenoxy) is 1. The molecule has 3 rings (SSSR count). The molecule has 0 saturated heterocycles. The molecule has 0 aliphatic heterocycles. The molecule has 7 heteroatoms. The Balaban J connectivity index is 1.61. The van der Waals surface area contributed by atoms with E-state index >= 15 is 0 Å². The summed E-state index contributed by atoms with van der Waals surface area (Å²) in [5.41, 5.74) is 1.24. The average Bonchev–Trinajstić information content (AvgIpc) is 3.11. The Labute approximate surface area is 151 Å². The molecule has 1 aliphatic carbocycles. The van der Waals surface area contributed by atoms with E-state index in [-0.39, 0.29) is 5.69 Å². The Kier molecular flexibility index (Phi) is 5.01. The van der Waals surface area contributed by atoms with Crippen LogP contribution >= 0.6 is 27.3 Å². The van der Waals surface area contributed by atoms with Gasteiger partial charge in [0.25, 0.3) is 5.91 Å². The van der Waals surface area contributed by atoms with E-state index in [1.54, 1.807) is 6.07 Å². The van der Waals surface area contributed by atoms with Crippen molar-refractivity contribution in [3.8, 4) is 0 Å². The van der Waals surface area contributed by atoms with Gasteiger partial charge in [-0.05, 0) is 56.0 Å². The number of rotatable bonds is 4. The van der Waals surface area contributed by atoms with E-state index in [9.17, 15) is 14.0 Å². The summed E-state index contributed by atoms with van der Waals surface area (Å²) in [6.45, 7) is 1.46. The van der Waals surface area contributed by atoms with Gasteiger partial charge < -0.3 is 10.1 Å². The van der Waals surface area contributed by atoms with E-state index in [4.69, 9.17) is 4.74 Å². The molecule has 1 aromatic heterocycles. The van der Waals surface area contributed by atoms with Gasteiger partial charge in [-0.2, -0.15) is 0 Å². The van der Waals surface area contributed by atoms with Gasteiger partial charge in [0, 0.05) is 9.35 Å². The predicted molar refractivity (Wildman–Crippen MR) is 94.0 cm³/mol. The first-order valence-corrected chi connectivity index (χ1v) is 9.13. The van der Waals surface area contributed by atoms with Crippen molar-refractivity contribution in [3.63, 3.8) is 0 Å². The molecule has 0 fully saturated rings. The van der Waals surface area contributed by atoms with Gasteiger partial charge in [0.15, 0.2) is 6.10 Å². The van der Waals surface area contributed by atoms with E-state index < -0.39 is 23.8 Å². The first kappa shape index (κ1) is 17.1. The molecule has 1 N–H and O–H groups in total. The van der Waals surface area contributed by atoms with E-state index in [1.807, 2.05) is 6.07 Å². The standard InChI is InChI=1S/C17H15BrFNO3S/c1-9(16(21)20-13-6-5-11(18)8-12(13)19)23-17(22)15-7-10-3-2-4-14(10)24-15/h5-9H,2-4H2,1H3,(H,20,21)/t9-/m1/s1. The summed E-state index contributed by atoms with van der Waals surface area (Å²) in [5, 5.41) is 2.42. The van der Waals surface area contributed by atoms with Gasteiger partial charge in [0.05, 0.1) is 5.69 Å². The number of hydrogen-bond acceptors (Lipinski definition) is 4. The van der Waals surface area contributed by atoms with Crippen molar-refractivity contribution in [2.45, 2.75) is 32.3 Å². The summed E-state index contributed by atoms with van der Waals surface area (Å²) < 4.78 is 19.5. The number of esters is 1. The molecule has 0 radical (unpaired) electrons. The highest BCUT2D eigenvalue weighted by molar-refractivity contribution is 9.10. The number of hydrogen-bond donors (Lipinski definition) is 1. The maximum atomic E-state index is 13.7. The molecular formula is C17H15BrFNO3S. The van der Waals surface area contributed by atoms with Crippen LogP contribution in [0.5, 0.6) is 0 Å². The van der Waals surface area contributed by atoms with Crippen LogP contribution in [-0.2, 0) is 22.4 Å². The molecule has 0 spiro atoms. The molecule has 1 aromatic carbocycles. The van der Waals surface area contributed by atoms with Crippen LogP contribution in [-0.4, -0.2) is 18.0 Å². The molecule has 1 heterocycles. The van der Waals surface area contributed by atoms with E-state index in [2.05, 4.69) is 21.2 Å². The molecular weight excluding hydrogens is 397 g/mol. The van der Waals surface area contributed by atoms with Crippen molar-refractivity contribution >= 4 is 44.8 Å². The normalized spacial score (nSPS) is 14.1. The number of halogens is 2. The number of nitrogens with one attached hydrogen (secondary N) is 1. The van der Waals surface area contributed by atoms with Crippen molar-refractivity contribution in [2.75, 3.05) is 5.32 Å². The van der Waals surface area contributed by atoms with Gasteiger partial charge >= 0.3 is 5.97 Å². The quantitative estimate of drug-likeness (QED) is 0.761. The van der Waals surface area contributed by atoms with Crippen LogP contribution in [0, 0.1) is 5.82 Å². The van der Waals surface area contributed by atoms with Gasteiger partial charge in [0.1, 0.15) is 10.7 Å². The minimum absolute atomic E-state index is 0.0428. The lowest BCUT2D eigenvalue weighted by Crippen LogP contribution is -2.30. The molecule has 0 unspecified atom stereocenters. The number of amides is 1. The van der Waals surface area contributed by atoms with Gasteiger partial charge in [-0.25, -0.2) is 9.18 Å². The largest absolute Gasteiger partial charge is 0.448 e. The Morgan fingerprint density at radius 1 is 1.33 bits per heavy atom. The molecule has 2 aromatic rings. The lowest BCUT2D eigenvalue weighted by atomic mass is 10.2. The molecule has 1 aliphatic rings. The SMILES string of the molecule is C[C@@H](OC(=O)c1cc2c(s1)CCC2)C(=O)Nc1ccc(Br)cc1F. The second-order valence-electron chi connectivity index (χ2n) is 5.57. The molecule has 1 amide bonds. The second-order valence-corrected chi connectivity index (χ2v) is 7.63. The van der Waals surface area contributed by atoms with Crippen LogP contribution in [0.4, 0.5) is 10.1 Å². The zero-order valence-corrected chi connectivity index (χ0v) is 15.3. The Hall–Kier alpha value is -1.73. The predicted octanol–water partition coefficient (Wildman–Crippen LogP) is 4.32. The molecule has 1 atom stereocenters. The monoisotopic (exact) mass is 411 g/mol. The smallest absolute Gasteiger partial charge is 0.349 e. The Morgan fingerprint density at radius 2 is 2.12 bits per heavy atom. The molecule has 24 heavy (non-hydrogen) atoms. The fraction of sp³-hybridized carbons (Fsp3) is 0.294. The van der Waals surface area contributed by atoms with Crippen LogP contribution < -0.4 is 5.32 Å². The van der Waals surface area contributed by atoms with Crippen LogP contribution in [0.25, 0.3) is 0 Å². The van der Waals surface area contributed by atoms with Gasteiger partial charge in [0.2, 0.25) is 0 Å². The third-order valence-electron chi connectivity index (χ3n) is 3.79. The minimum Gasteiger partial charge on any atom is -0.448 e. The first-order valence-electron chi connectivity index (χ1n) is 7.52. The van der Waals surface area contributed by atoms with Crippen molar-refractivity contribution in [2.24, 2.45) is 0 Å². The average molecular weight is 412 g/mol. The number of anilines is 1. The summed E-state index contributed by atoms with van der Waals surface area (Å²) in [7, 11) is 0. The Morgan fingerprint density at radius 3 is 2.83 bits per heavy atom. The van der Waals surface area contributed by atoms with Crippen molar-refractivity contribution in [1.82, 2.24) is 0 Å². The zero-order chi connectivity index (χ0) is 17.3. The maximum absolute atomic E-state index is 13.7. The fourth-order valence-corrected chi connectivity index (χ4v) is 4.00. The zero-order valence-electron chi connectivity index (χ0n) is 12.9. The number of aryl methyl sites for hydroxylation is 2. The highest BCUT2D eigenvalue weighted by Crippen LogP contribution is 2.31. The lowest BCUT2D eigenvalue weighted by Gasteiger charge is -2.13. The van der Waals surface area contributed by atoms with Crippen LogP contribution in [0.2, 0.25) is 0 Å². The number of thiophene rings is 1. The van der Waals surface area contributed by atoms with Crippen LogP contribution in [0.1, 0.15) is 33.5 Å². The van der Waals surface area contributed by atoms with Crippen molar-refractivity contribution < 1.29 is 18.7 Å². The molecule has 126 valence electrons. The van der Waals surface area contributed by atoms with Crippen LogP contribution in [0.15, 0.2) is 28.7 Å². The molecule has 4 nitrogen and oxygen atoms in total. The maximum Gasteiger partial charge on any atom is 0.349 e. The summed E-state index contributed by atoms with van der Waals surface area (Å²) in [6.07, 6.45) is 2.08. The van der Waals surface area contributed by atoms with E-state index in [1.165, 1.54) is 40.8 Å². The highest BCUT2D eigenvalue weighted by atomic mass is 79.9. The third kappa shape index (κ3) is 3.67. The summed E-state index contributed by atoms with van der Waals surface area (Å²) in [4.78, 5) is 26.0. The Bertz CT molecular complexity index is 784. The fourth-order valence-electron chi connectivity index (χ4n) is 2.53. The topological polar surface area (TPSA) is 55.4 Å². The number of carbonyl (C=O) groups is 2. The second kappa shape index (κ2) is 7.03. The van der Waals surface area contributed by atoms with Gasteiger partial charge in [-0.3, -0.25) is 4.79 Å². The van der Waals surface area contributed by atoms with Gasteiger partial charge in [-0.1, -0.05) is 15.9 Å². The van der Waals surface area contributed by atoms with E-state index in [0.717, 1.165) is 19.3 Å². The van der Waals surface area contributed by atoms with Crippen LogP contribution in [0.3, 0.4) is 0 Å². The van der Waals surface area contributed by atoms with Gasteiger partial charge in [-0.15, -0.1) is 11.3 Å². The third-order valence-corrected chi connectivity index (χ3v) is 5.50. The first-order chi connectivity index (χ1) is 11.4. The van der Waals surface area contributed by atoms with Crippen molar-refractivity contribution in [3.05, 3.63) is 49.9 Å². The van der Waals surface area contributed by atoms with Crippen molar-refractivity contribution in [1.29, 1.82) is 0 Å². The lowest BCUT2D eigenvalue weighted by molar-refractivity contribution is -0.123. The minimum atomic E-state index is -1.02. The molecule has 0 bridgehead atoms. The highest BCUT2D eigenvalue weighted by Gasteiger charge is 2.23. The number of fused-ring (bicyclic) bond motifs is 1. The summed E-state index contributed by atoms with van der Waals surface area (Å²) in [5.74, 6) is -1.66. The van der Waals surface area contributed by atoms with E-state index in [0.29, 0.717) is 9.35 Å². The molecule has 0 saturated carbocycles. The summed E-state index contributed by atoms with van der Waals surface area (Å²) >= 11 is 4.57.